The van der Waals surface area contributed by atoms with Crippen molar-refractivity contribution >= 4 is 39.1 Å². The maximum absolute atomic E-state index is 10.4. The van der Waals surface area contributed by atoms with E-state index in [1.807, 2.05) is 23.9 Å². The van der Waals surface area contributed by atoms with Crippen molar-refractivity contribution < 1.29 is 0 Å². The van der Waals surface area contributed by atoms with E-state index in [1.54, 1.807) is 0 Å². The Hall–Kier alpha value is -4.78. The Bertz CT molecular complexity index is 2220. The highest BCUT2D eigenvalue weighted by molar-refractivity contribution is 8.00. The third kappa shape index (κ3) is 3.36. The molecule has 1 aliphatic heterocycles. The van der Waals surface area contributed by atoms with Crippen molar-refractivity contribution in [3.8, 4) is 22.9 Å². The van der Waals surface area contributed by atoms with Crippen LogP contribution < -0.4 is 0 Å². The lowest BCUT2D eigenvalue weighted by Gasteiger charge is -2.27. The molecule has 3 heteroatoms. The highest BCUT2D eigenvalue weighted by atomic mass is 32.2. The van der Waals surface area contributed by atoms with Crippen molar-refractivity contribution in [2.24, 2.45) is 0 Å². The first kappa shape index (κ1) is 24.8. The molecule has 1 aromatic heterocycles. The molecule has 5 aromatic carbocycles. The van der Waals surface area contributed by atoms with E-state index in [4.69, 9.17) is 0 Å². The molecule has 204 valence electrons. The summed E-state index contributed by atoms with van der Waals surface area (Å²) in [5.74, 6) is 0.316. The Morgan fingerprint density at radius 1 is 0.744 bits per heavy atom. The summed E-state index contributed by atoms with van der Waals surface area (Å²) in [6.45, 7) is 4.73. The van der Waals surface area contributed by atoms with Crippen LogP contribution in [0.5, 0.6) is 0 Å². The fourth-order valence-corrected chi connectivity index (χ4v) is 9.13. The molecule has 2 heterocycles. The fraction of sp³-hybridized carbons (Fsp3) is 0.125. The molecule has 2 unspecified atom stereocenters. The molecule has 0 saturated carbocycles. The summed E-state index contributed by atoms with van der Waals surface area (Å²) in [6.07, 6.45) is 5.08. The average molecular weight is 569 g/mol. The van der Waals surface area contributed by atoms with Crippen molar-refractivity contribution in [1.82, 2.24) is 4.57 Å². The average Bonchev–Trinajstić information content (AvgIpc) is 3.65. The van der Waals surface area contributed by atoms with Gasteiger partial charge in [-0.1, -0.05) is 105 Å². The maximum Gasteiger partial charge on any atom is 0.101 e. The summed E-state index contributed by atoms with van der Waals surface area (Å²) >= 11 is 1.99. The number of benzene rings is 5. The van der Waals surface area contributed by atoms with E-state index in [0.717, 1.165) is 27.8 Å². The highest BCUT2D eigenvalue weighted by Crippen LogP contribution is 2.58. The molecule has 43 heavy (non-hydrogen) atoms. The van der Waals surface area contributed by atoms with Gasteiger partial charge in [0.15, 0.2) is 0 Å². The van der Waals surface area contributed by atoms with Crippen molar-refractivity contribution in [3.05, 3.63) is 149 Å². The third-order valence-corrected chi connectivity index (χ3v) is 11.1. The van der Waals surface area contributed by atoms with E-state index in [9.17, 15) is 5.26 Å². The van der Waals surface area contributed by atoms with Crippen LogP contribution in [0, 0.1) is 11.3 Å². The molecular weight excluding hydrogens is 541 g/mol. The van der Waals surface area contributed by atoms with Crippen LogP contribution in [0.4, 0.5) is 0 Å². The van der Waals surface area contributed by atoms with Gasteiger partial charge in [-0.25, -0.2) is 0 Å². The maximum atomic E-state index is 10.4. The van der Waals surface area contributed by atoms with Crippen LogP contribution in [0.2, 0.25) is 0 Å². The van der Waals surface area contributed by atoms with Crippen molar-refractivity contribution in [2.45, 2.75) is 35.3 Å². The van der Waals surface area contributed by atoms with Crippen LogP contribution in [0.25, 0.3) is 44.2 Å². The number of nitrogens with zero attached hydrogens (tertiary/aromatic N) is 2. The zero-order chi connectivity index (χ0) is 28.9. The second-order valence-electron chi connectivity index (χ2n) is 12.4. The van der Waals surface area contributed by atoms with Gasteiger partial charge < -0.3 is 4.57 Å². The third-order valence-electron chi connectivity index (χ3n) is 9.79. The fourth-order valence-electron chi connectivity index (χ4n) is 7.79. The molecule has 0 N–H and O–H groups in total. The molecule has 0 saturated heterocycles. The Morgan fingerprint density at radius 2 is 1.44 bits per heavy atom. The van der Waals surface area contributed by atoms with Gasteiger partial charge in [0.25, 0.3) is 0 Å². The van der Waals surface area contributed by atoms with E-state index in [2.05, 4.69) is 134 Å². The minimum atomic E-state index is 0.0167. The van der Waals surface area contributed by atoms with E-state index >= 15 is 0 Å². The number of allylic oxidation sites excluding steroid dienone is 3. The smallest absolute Gasteiger partial charge is 0.101 e. The summed E-state index contributed by atoms with van der Waals surface area (Å²) in [5.41, 5.74) is 13.1. The molecule has 0 radical (unpaired) electrons. The predicted octanol–water partition coefficient (Wildman–Crippen LogP) is 10.2. The zero-order valence-electron chi connectivity index (χ0n) is 24.0. The van der Waals surface area contributed by atoms with Crippen LogP contribution in [0.3, 0.4) is 0 Å². The standard InChI is InChI=1S/C40H28N2S/c1-40(2)33-15-6-3-11-27(33)30-21-32-31-20-24(18-19-37(31)43-38(32)22-34(30)40)26-14-9-10-25(23-41)39(26)42-35-16-7-4-12-28(35)29-13-5-8-17-36(29)42/h3-22,32,38H,1-2H3. The van der Waals surface area contributed by atoms with Crippen molar-refractivity contribution in [3.63, 3.8) is 0 Å². The molecule has 2 nitrogen and oxygen atoms in total. The number of fused-ring (bicyclic) bond motifs is 9. The first-order valence-electron chi connectivity index (χ1n) is 14.9. The van der Waals surface area contributed by atoms with Crippen molar-refractivity contribution in [1.29, 1.82) is 5.26 Å². The van der Waals surface area contributed by atoms with Crippen LogP contribution in [-0.4, -0.2) is 9.82 Å². The molecule has 0 amide bonds. The number of para-hydroxylation sites is 3. The molecule has 0 fully saturated rings. The summed E-state index contributed by atoms with van der Waals surface area (Å²) in [4.78, 5) is 1.35. The molecule has 0 spiro atoms. The number of thioether (sulfide) groups is 1. The molecule has 3 aliphatic rings. The van der Waals surface area contributed by atoms with Gasteiger partial charge in [0.05, 0.1) is 22.3 Å². The van der Waals surface area contributed by atoms with Crippen LogP contribution in [0.15, 0.2) is 132 Å². The highest BCUT2D eigenvalue weighted by Gasteiger charge is 2.43. The van der Waals surface area contributed by atoms with Gasteiger partial charge in [0.2, 0.25) is 0 Å². The molecule has 9 rings (SSSR count). The lowest BCUT2D eigenvalue weighted by Crippen LogP contribution is -2.19. The van der Waals surface area contributed by atoms with Gasteiger partial charge >= 0.3 is 0 Å². The lowest BCUT2D eigenvalue weighted by molar-refractivity contribution is 0.652. The zero-order valence-corrected chi connectivity index (χ0v) is 24.8. The molecule has 2 aliphatic carbocycles. The van der Waals surface area contributed by atoms with Crippen LogP contribution >= 0.6 is 11.8 Å². The topological polar surface area (TPSA) is 28.7 Å². The number of hydrogen-bond acceptors (Lipinski definition) is 2. The van der Waals surface area contributed by atoms with E-state index in [1.165, 1.54) is 43.5 Å². The van der Waals surface area contributed by atoms with E-state index in [-0.39, 0.29) is 5.41 Å². The Kier molecular flexibility index (Phi) is 5.11. The van der Waals surface area contributed by atoms with Gasteiger partial charge in [-0.05, 0) is 63.7 Å². The first-order chi connectivity index (χ1) is 21.0. The number of rotatable bonds is 2. The van der Waals surface area contributed by atoms with Gasteiger partial charge in [-0.3, -0.25) is 0 Å². The second-order valence-corrected chi connectivity index (χ2v) is 13.6. The SMILES string of the molecule is CC1(C)C2=CC3Sc4ccc(-c5cccc(C#N)c5-n5c6ccccc6c6ccccc65)cc4C3C=C2c2ccccc21. The molecule has 2 atom stereocenters. The summed E-state index contributed by atoms with van der Waals surface area (Å²) in [7, 11) is 0. The van der Waals surface area contributed by atoms with E-state index < -0.39 is 0 Å². The summed E-state index contributed by atoms with van der Waals surface area (Å²) < 4.78 is 2.29. The normalized spacial score (nSPS) is 19.3. The van der Waals surface area contributed by atoms with Gasteiger partial charge in [-0.15, -0.1) is 11.8 Å². The van der Waals surface area contributed by atoms with Crippen LogP contribution in [0.1, 0.15) is 42.0 Å². The number of aromatic nitrogens is 1. The van der Waals surface area contributed by atoms with Crippen molar-refractivity contribution in [2.75, 3.05) is 0 Å². The Labute approximate surface area is 255 Å². The van der Waals surface area contributed by atoms with Gasteiger partial charge in [0, 0.05) is 37.8 Å². The Balaban J connectivity index is 1.24. The molecular formula is C40H28N2S. The Morgan fingerprint density at radius 3 is 2.21 bits per heavy atom. The second kappa shape index (κ2) is 8.86. The van der Waals surface area contributed by atoms with E-state index in [0.29, 0.717) is 16.7 Å². The largest absolute Gasteiger partial charge is 0.307 e. The predicted molar refractivity (Wildman–Crippen MR) is 179 cm³/mol. The molecule has 0 bridgehead atoms. The quantitative estimate of drug-likeness (QED) is 0.208. The minimum Gasteiger partial charge on any atom is -0.307 e. The minimum absolute atomic E-state index is 0.0167. The number of hydrogen-bond donors (Lipinski definition) is 0. The summed E-state index contributed by atoms with van der Waals surface area (Å²) in [6, 6.07) is 41.5. The molecule has 6 aromatic rings. The van der Waals surface area contributed by atoms with Crippen LogP contribution in [-0.2, 0) is 5.41 Å². The summed E-state index contributed by atoms with van der Waals surface area (Å²) in [5, 5.41) is 13.2. The number of nitriles is 1. The van der Waals surface area contributed by atoms with Gasteiger partial charge in [-0.2, -0.15) is 5.26 Å². The lowest BCUT2D eigenvalue weighted by atomic mass is 9.77. The monoisotopic (exact) mass is 568 g/mol. The first-order valence-corrected chi connectivity index (χ1v) is 15.8. The van der Waals surface area contributed by atoms with Gasteiger partial charge in [0.1, 0.15) is 6.07 Å².